The fourth-order valence-electron chi connectivity index (χ4n) is 6.00. The molecule has 0 saturated carbocycles. The second-order valence-electron chi connectivity index (χ2n) is 13.0. The summed E-state index contributed by atoms with van der Waals surface area (Å²) in [7, 11) is 0. The summed E-state index contributed by atoms with van der Waals surface area (Å²) < 4.78 is 8.72. The summed E-state index contributed by atoms with van der Waals surface area (Å²) in [6.45, 7) is 7.46. The first-order valence-corrected chi connectivity index (χ1v) is 18.7. The Labute approximate surface area is 339 Å². The Morgan fingerprint density at radius 1 is 0.729 bits per heavy atom. The van der Waals surface area contributed by atoms with E-state index in [0.717, 1.165) is 35.5 Å². The molecule has 0 spiro atoms. The Morgan fingerprint density at radius 2 is 1.24 bits per heavy atom. The summed E-state index contributed by atoms with van der Waals surface area (Å²) in [5.74, 6) is -1.98. The maximum Gasteiger partial charge on any atom is 0.330 e. The van der Waals surface area contributed by atoms with Gasteiger partial charge < -0.3 is 24.7 Å². The fraction of sp³-hybridized carbons (Fsp3) is 0.182. The van der Waals surface area contributed by atoms with Crippen molar-refractivity contribution in [2.75, 3.05) is 17.2 Å². The van der Waals surface area contributed by atoms with E-state index in [2.05, 4.69) is 20.6 Å². The Kier molecular flexibility index (Phi) is 14.2. The van der Waals surface area contributed by atoms with Crippen molar-refractivity contribution in [3.05, 3.63) is 130 Å². The van der Waals surface area contributed by atoms with Gasteiger partial charge in [-0.1, -0.05) is 38.1 Å². The van der Waals surface area contributed by atoms with Gasteiger partial charge >= 0.3 is 11.9 Å². The molecule has 6 rings (SSSR count). The number of amides is 3. The summed E-state index contributed by atoms with van der Waals surface area (Å²) >= 11 is 0. The largest absolute Gasteiger partial charge is 0.478 e. The number of imidazole rings is 2. The van der Waals surface area contributed by atoms with E-state index in [4.69, 9.17) is 20.8 Å². The first-order valence-electron chi connectivity index (χ1n) is 18.7. The SMILES string of the molecule is CCCn1c(NC(=O)c2cccc(C#N)c2)nc2cc(/C=C/C(=O)OCC)ccc21.CCCn1c(NC(=O)c2cccc(C(N)=O)c2)nc2cc(/C=C/C(=O)O)ccc21. The van der Waals surface area contributed by atoms with Gasteiger partial charge in [-0.25, -0.2) is 19.6 Å². The molecule has 300 valence electrons. The van der Waals surface area contributed by atoms with Crippen LogP contribution < -0.4 is 16.4 Å². The van der Waals surface area contributed by atoms with Gasteiger partial charge in [0.25, 0.3) is 11.8 Å². The lowest BCUT2D eigenvalue weighted by Gasteiger charge is -2.09. The molecule has 0 atom stereocenters. The van der Waals surface area contributed by atoms with Crippen molar-refractivity contribution in [2.24, 2.45) is 5.73 Å². The molecular formula is C44H42N8O7. The van der Waals surface area contributed by atoms with Crippen LogP contribution in [0, 0.1) is 11.3 Å². The van der Waals surface area contributed by atoms with Crippen LogP contribution in [0.2, 0.25) is 0 Å². The van der Waals surface area contributed by atoms with Gasteiger partial charge in [0.05, 0.1) is 40.3 Å². The van der Waals surface area contributed by atoms with Crippen LogP contribution in [0.4, 0.5) is 11.9 Å². The van der Waals surface area contributed by atoms with E-state index in [0.29, 0.717) is 64.9 Å². The van der Waals surface area contributed by atoms with Crippen molar-refractivity contribution in [1.82, 2.24) is 19.1 Å². The summed E-state index contributed by atoms with van der Waals surface area (Å²) in [5.41, 5.74) is 11.2. The monoisotopic (exact) mass is 794 g/mol. The average molecular weight is 795 g/mol. The molecule has 0 fully saturated rings. The lowest BCUT2D eigenvalue weighted by atomic mass is 10.1. The number of anilines is 2. The predicted octanol–water partition coefficient (Wildman–Crippen LogP) is 7.04. The number of nitrogens with one attached hydrogen (secondary N) is 2. The molecule has 2 aromatic heterocycles. The van der Waals surface area contributed by atoms with Crippen LogP contribution >= 0.6 is 0 Å². The Hall–Kier alpha value is -7.86. The molecule has 0 unspecified atom stereocenters. The predicted molar refractivity (Wildman–Crippen MR) is 224 cm³/mol. The van der Waals surface area contributed by atoms with Crippen molar-refractivity contribution in [2.45, 2.75) is 46.7 Å². The van der Waals surface area contributed by atoms with E-state index < -0.39 is 23.8 Å². The zero-order valence-electron chi connectivity index (χ0n) is 32.6. The number of esters is 1. The number of nitriles is 1. The standard InChI is InChI=1S/C23H22N4O3.C21H20N4O4/c1-3-12-27-20-10-8-16(9-11-21(28)30-4-2)14-19(20)25-23(27)26-22(29)18-7-5-6-17(13-18)15-24;1-2-10-25-17-8-6-13(7-9-18(26)27)11-16(17)23-21(25)24-20(29)15-5-3-4-14(12-15)19(22)28/h5-11,13-14H,3-4,12H2,1-2H3,(H,25,26,29);3-9,11-12H,2,10H2,1H3,(H2,22,28)(H,26,27)(H,23,24,29)/b11-9+;9-7+. The summed E-state index contributed by atoms with van der Waals surface area (Å²) in [4.78, 5) is 68.0. The number of carbonyl (C=O) groups excluding carboxylic acids is 4. The zero-order valence-corrected chi connectivity index (χ0v) is 32.6. The lowest BCUT2D eigenvalue weighted by Crippen LogP contribution is -2.17. The van der Waals surface area contributed by atoms with Gasteiger partial charge in [0.2, 0.25) is 17.8 Å². The summed E-state index contributed by atoms with van der Waals surface area (Å²) in [5, 5.41) is 23.5. The normalized spacial score (nSPS) is 10.9. The quantitative estimate of drug-likeness (QED) is 0.0650. The van der Waals surface area contributed by atoms with Crippen molar-refractivity contribution in [3.63, 3.8) is 0 Å². The molecule has 15 heteroatoms. The van der Waals surface area contributed by atoms with Gasteiger partial charge in [0.15, 0.2) is 0 Å². The number of carboxylic acid groups (broad SMARTS) is 1. The molecular weight excluding hydrogens is 753 g/mol. The molecule has 2 heterocycles. The molecule has 0 aliphatic rings. The molecule has 0 saturated heterocycles. The van der Waals surface area contributed by atoms with E-state index in [1.165, 1.54) is 24.3 Å². The minimum atomic E-state index is -1.03. The number of fused-ring (bicyclic) bond motifs is 2. The number of aryl methyl sites for hydroxylation is 2. The third-order valence-corrected chi connectivity index (χ3v) is 8.67. The second-order valence-corrected chi connectivity index (χ2v) is 13.0. The number of aliphatic carboxylic acids is 1. The molecule has 15 nitrogen and oxygen atoms in total. The molecule has 5 N–H and O–H groups in total. The van der Waals surface area contributed by atoms with Gasteiger partial charge in [0, 0.05) is 41.9 Å². The molecule has 0 aliphatic heterocycles. The molecule has 3 amide bonds. The maximum atomic E-state index is 12.7. The number of carbonyl (C=O) groups is 5. The number of rotatable bonds is 14. The van der Waals surface area contributed by atoms with E-state index in [1.54, 1.807) is 61.5 Å². The van der Waals surface area contributed by atoms with Crippen molar-refractivity contribution in [3.8, 4) is 6.07 Å². The number of nitrogens with two attached hydrogens (primary N) is 1. The first kappa shape index (κ1) is 42.3. The summed E-state index contributed by atoms with van der Waals surface area (Å²) in [6, 6.07) is 25.7. The zero-order chi connectivity index (χ0) is 42.5. The van der Waals surface area contributed by atoms with Crippen LogP contribution in [0.25, 0.3) is 34.2 Å². The average Bonchev–Trinajstić information content (AvgIpc) is 3.75. The van der Waals surface area contributed by atoms with E-state index in [9.17, 15) is 24.0 Å². The number of primary amides is 1. The van der Waals surface area contributed by atoms with Crippen LogP contribution in [0.3, 0.4) is 0 Å². The molecule has 0 bridgehead atoms. The van der Waals surface area contributed by atoms with Gasteiger partial charge in [-0.15, -0.1) is 0 Å². The van der Waals surface area contributed by atoms with Crippen LogP contribution in [0.5, 0.6) is 0 Å². The molecule has 0 radical (unpaired) electrons. The molecule has 59 heavy (non-hydrogen) atoms. The van der Waals surface area contributed by atoms with E-state index in [-0.39, 0.29) is 11.5 Å². The highest BCUT2D eigenvalue weighted by molar-refractivity contribution is 6.06. The Morgan fingerprint density at radius 3 is 1.73 bits per heavy atom. The highest BCUT2D eigenvalue weighted by Crippen LogP contribution is 2.25. The van der Waals surface area contributed by atoms with Gasteiger partial charge in [-0.05, 0) is 104 Å². The van der Waals surface area contributed by atoms with Crippen molar-refractivity contribution >= 4 is 75.8 Å². The number of aromatic nitrogens is 4. The number of hydrogen-bond acceptors (Lipinski definition) is 9. The maximum absolute atomic E-state index is 12.7. The number of carboxylic acids is 1. The number of nitrogens with zero attached hydrogens (tertiary/aromatic N) is 5. The Bertz CT molecular complexity index is 2650. The molecule has 6 aromatic rings. The van der Waals surface area contributed by atoms with Crippen LogP contribution in [-0.2, 0) is 27.4 Å². The van der Waals surface area contributed by atoms with Crippen LogP contribution in [0.15, 0.2) is 97.1 Å². The van der Waals surface area contributed by atoms with Crippen LogP contribution in [0.1, 0.15) is 81.4 Å². The second kappa shape index (κ2) is 19.8. The highest BCUT2D eigenvalue weighted by atomic mass is 16.5. The van der Waals surface area contributed by atoms with Crippen LogP contribution in [-0.4, -0.2) is 60.5 Å². The lowest BCUT2D eigenvalue weighted by molar-refractivity contribution is -0.137. The highest BCUT2D eigenvalue weighted by Gasteiger charge is 2.17. The third-order valence-electron chi connectivity index (χ3n) is 8.67. The number of hydrogen-bond donors (Lipinski definition) is 4. The smallest absolute Gasteiger partial charge is 0.330 e. The topological polar surface area (TPSA) is 224 Å². The molecule has 4 aromatic carbocycles. The Balaban J connectivity index is 0.000000224. The molecule has 0 aliphatic carbocycles. The summed E-state index contributed by atoms with van der Waals surface area (Å²) in [6.07, 6.45) is 7.27. The minimum absolute atomic E-state index is 0.245. The fourth-order valence-corrected chi connectivity index (χ4v) is 6.00. The third kappa shape index (κ3) is 10.9. The van der Waals surface area contributed by atoms with Gasteiger partial charge in [-0.3, -0.25) is 25.0 Å². The minimum Gasteiger partial charge on any atom is -0.478 e. The number of ether oxygens (including phenoxy) is 1. The first-order chi connectivity index (χ1) is 28.4. The van der Waals surface area contributed by atoms with Crippen molar-refractivity contribution < 1.29 is 33.8 Å². The number of benzene rings is 4. The van der Waals surface area contributed by atoms with Gasteiger partial charge in [0.1, 0.15) is 0 Å². The van der Waals surface area contributed by atoms with E-state index in [1.807, 2.05) is 53.3 Å². The van der Waals surface area contributed by atoms with Crippen molar-refractivity contribution in [1.29, 1.82) is 5.26 Å². The van der Waals surface area contributed by atoms with Gasteiger partial charge in [-0.2, -0.15) is 5.26 Å². The van der Waals surface area contributed by atoms with E-state index >= 15 is 0 Å².